The zero-order chi connectivity index (χ0) is 10.5. The van der Waals surface area contributed by atoms with Gasteiger partial charge in [0, 0.05) is 18.8 Å². The quantitative estimate of drug-likeness (QED) is 0.775. The Kier molecular flexibility index (Phi) is 3.75. The standard InChI is InChI=1S/C11H19N3O/c1-9(11-5-7-13-14-11)12-6-4-10-3-2-8-15-10/h5,7,9-10,12H,2-4,6,8H2,1H3,(H,13,14). The summed E-state index contributed by atoms with van der Waals surface area (Å²) in [6, 6.07) is 2.35. The molecule has 2 N–H and O–H groups in total. The first kappa shape index (κ1) is 10.6. The van der Waals surface area contributed by atoms with E-state index in [4.69, 9.17) is 4.74 Å². The highest BCUT2D eigenvalue weighted by atomic mass is 16.5. The molecule has 0 radical (unpaired) electrons. The minimum atomic E-state index is 0.342. The van der Waals surface area contributed by atoms with Gasteiger partial charge < -0.3 is 10.1 Å². The van der Waals surface area contributed by atoms with E-state index in [0.29, 0.717) is 12.1 Å². The summed E-state index contributed by atoms with van der Waals surface area (Å²) >= 11 is 0. The van der Waals surface area contributed by atoms with Gasteiger partial charge in [0.15, 0.2) is 0 Å². The van der Waals surface area contributed by atoms with Crippen LogP contribution in [0.1, 0.15) is 37.9 Å². The van der Waals surface area contributed by atoms with Crippen LogP contribution in [-0.4, -0.2) is 29.5 Å². The molecule has 1 aliphatic heterocycles. The van der Waals surface area contributed by atoms with Crippen molar-refractivity contribution in [3.05, 3.63) is 18.0 Å². The third kappa shape index (κ3) is 3.04. The summed E-state index contributed by atoms with van der Waals surface area (Å²) in [7, 11) is 0. The van der Waals surface area contributed by atoms with E-state index in [1.807, 2.05) is 6.07 Å². The Morgan fingerprint density at radius 1 is 1.73 bits per heavy atom. The molecule has 1 fully saturated rings. The van der Waals surface area contributed by atoms with Crippen molar-refractivity contribution in [2.45, 2.75) is 38.3 Å². The third-order valence-corrected chi connectivity index (χ3v) is 2.93. The number of aromatic nitrogens is 2. The Morgan fingerprint density at radius 2 is 2.67 bits per heavy atom. The molecule has 0 spiro atoms. The molecule has 1 aromatic heterocycles. The summed E-state index contributed by atoms with van der Waals surface area (Å²) in [5.74, 6) is 0. The van der Waals surface area contributed by atoms with Gasteiger partial charge in [-0.15, -0.1) is 0 Å². The number of hydrogen-bond acceptors (Lipinski definition) is 3. The van der Waals surface area contributed by atoms with Gasteiger partial charge in [-0.3, -0.25) is 5.10 Å². The molecule has 2 unspecified atom stereocenters. The lowest BCUT2D eigenvalue weighted by molar-refractivity contribution is 0.103. The molecule has 1 saturated heterocycles. The van der Waals surface area contributed by atoms with E-state index in [-0.39, 0.29) is 0 Å². The maximum Gasteiger partial charge on any atom is 0.0588 e. The van der Waals surface area contributed by atoms with Crippen molar-refractivity contribution in [2.75, 3.05) is 13.2 Å². The number of H-pyrrole nitrogens is 1. The number of nitrogens with one attached hydrogen (secondary N) is 2. The van der Waals surface area contributed by atoms with Gasteiger partial charge in [0.25, 0.3) is 0 Å². The Balaban J connectivity index is 1.65. The van der Waals surface area contributed by atoms with E-state index in [1.165, 1.54) is 12.8 Å². The number of aromatic amines is 1. The molecule has 15 heavy (non-hydrogen) atoms. The van der Waals surface area contributed by atoms with Gasteiger partial charge in [-0.25, -0.2) is 0 Å². The SMILES string of the molecule is CC(NCCC1CCCO1)c1ccn[nH]1. The lowest BCUT2D eigenvalue weighted by Crippen LogP contribution is -2.23. The zero-order valence-electron chi connectivity index (χ0n) is 9.20. The first-order valence-corrected chi connectivity index (χ1v) is 5.70. The normalized spacial score (nSPS) is 23.1. The predicted molar refractivity (Wildman–Crippen MR) is 58.6 cm³/mol. The summed E-state index contributed by atoms with van der Waals surface area (Å²) in [6.45, 7) is 4.09. The minimum Gasteiger partial charge on any atom is -0.378 e. The summed E-state index contributed by atoms with van der Waals surface area (Å²) in [5.41, 5.74) is 1.14. The van der Waals surface area contributed by atoms with Crippen molar-refractivity contribution < 1.29 is 4.74 Å². The van der Waals surface area contributed by atoms with Crippen LogP contribution >= 0.6 is 0 Å². The molecule has 0 aromatic carbocycles. The highest BCUT2D eigenvalue weighted by Crippen LogP contribution is 2.15. The Morgan fingerprint density at radius 3 is 3.33 bits per heavy atom. The molecule has 0 saturated carbocycles. The van der Waals surface area contributed by atoms with Gasteiger partial charge in [-0.2, -0.15) is 5.10 Å². The van der Waals surface area contributed by atoms with Crippen LogP contribution in [0.3, 0.4) is 0 Å². The largest absolute Gasteiger partial charge is 0.378 e. The van der Waals surface area contributed by atoms with Gasteiger partial charge in [0.2, 0.25) is 0 Å². The molecule has 0 amide bonds. The average Bonchev–Trinajstić information content (AvgIpc) is 2.90. The Bertz CT molecular complexity index is 267. The van der Waals surface area contributed by atoms with Crippen LogP contribution < -0.4 is 5.32 Å². The van der Waals surface area contributed by atoms with E-state index in [2.05, 4.69) is 22.4 Å². The highest BCUT2D eigenvalue weighted by molar-refractivity contribution is 5.02. The highest BCUT2D eigenvalue weighted by Gasteiger charge is 2.15. The predicted octanol–water partition coefficient (Wildman–Crippen LogP) is 1.63. The first-order valence-electron chi connectivity index (χ1n) is 5.70. The van der Waals surface area contributed by atoms with Gasteiger partial charge in [-0.05, 0) is 38.8 Å². The Hall–Kier alpha value is -0.870. The fraction of sp³-hybridized carbons (Fsp3) is 0.727. The molecular weight excluding hydrogens is 190 g/mol. The van der Waals surface area contributed by atoms with Crippen LogP contribution in [-0.2, 0) is 4.74 Å². The fourth-order valence-corrected chi connectivity index (χ4v) is 1.95. The molecule has 0 bridgehead atoms. The van der Waals surface area contributed by atoms with E-state index < -0.39 is 0 Å². The summed E-state index contributed by atoms with van der Waals surface area (Å²) < 4.78 is 5.57. The number of ether oxygens (including phenoxy) is 1. The molecule has 2 rings (SSSR count). The van der Waals surface area contributed by atoms with Crippen LogP contribution in [0.2, 0.25) is 0 Å². The van der Waals surface area contributed by atoms with Crippen molar-refractivity contribution in [3.8, 4) is 0 Å². The summed E-state index contributed by atoms with van der Waals surface area (Å²) in [6.07, 6.45) is 5.82. The molecule has 2 heterocycles. The summed E-state index contributed by atoms with van der Waals surface area (Å²) in [5, 5.41) is 10.4. The zero-order valence-corrected chi connectivity index (χ0v) is 9.20. The van der Waals surface area contributed by atoms with Crippen LogP contribution in [0.4, 0.5) is 0 Å². The van der Waals surface area contributed by atoms with E-state index >= 15 is 0 Å². The lowest BCUT2D eigenvalue weighted by Gasteiger charge is -2.14. The van der Waals surface area contributed by atoms with Crippen LogP contribution in [0.15, 0.2) is 12.3 Å². The van der Waals surface area contributed by atoms with E-state index in [0.717, 1.165) is 25.3 Å². The van der Waals surface area contributed by atoms with Crippen molar-refractivity contribution in [1.29, 1.82) is 0 Å². The fourth-order valence-electron chi connectivity index (χ4n) is 1.95. The van der Waals surface area contributed by atoms with Crippen molar-refractivity contribution in [3.63, 3.8) is 0 Å². The molecule has 1 aromatic rings. The van der Waals surface area contributed by atoms with Crippen molar-refractivity contribution >= 4 is 0 Å². The van der Waals surface area contributed by atoms with Crippen molar-refractivity contribution in [2.24, 2.45) is 0 Å². The van der Waals surface area contributed by atoms with Gasteiger partial charge in [0.1, 0.15) is 0 Å². The monoisotopic (exact) mass is 209 g/mol. The number of rotatable bonds is 5. The van der Waals surface area contributed by atoms with Gasteiger partial charge in [-0.1, -0.05) is 0 Å². The van der Waals surface area contributed by atoms with Crippen LogP contribution in [0.5, 0.6) is 0 Å². The van der Waals surface area contributed by atoms with Gasteiger partial charge in [0.05, 0.1) is 11.8 Å². The second kappa shape index (κ2) is 5.28. The third-order valence-electron chi connectivity index (χ3n) is 2.93. The first-order chi connectivity index (χ1) is 7.36. The van der Waals surface area contributed by atoms with Crippen molar-refractivity contribution in [1.82, 2.24) is 15.5 Å². The smallest absolute Gasteiger partial charge is 0.0588 e. The number of nitrogens with zero attached hydrogens (tertiary/aromatic N) is 1. The molecule has 1 aliphatic rings. The average molecular weight is 209 g/mol. The second-order valence-electron chi connectivity index (χ2n) is 4.11. The maximum atomic E-state index is 5.57. The molecular formula is C11H19N3O. The van der Waals surface area contributed by atoms with Crippen LogP contribution in [0.25, 0.3) is 0 Å². The number of hydrogen-bond donors (Lipinski definition) is 2. The van der Waals surface area contributed by atoms with E-state index in [1.54, 1.807) is 6.20 Å². The second-order valence-corrected chi connectivity index (χ2v) is 4.11. The molecule has 84 valence electrons. The van der Waals surface area contributed by atoms with Crippen LogP contribution in [0, 0.1) is 0 Å². The maximum absolute atomic E-state index is 5.57. The molecule has 0 aliphatic carbocycles. The topological polar surface area (TPSA) is 49.9 Å². The lowest BCUT2D eigenvalue weighted by atomic mass is 10.1. The summed E-state index contributed by atoms with van der Waals surface area (Å²) in [4.78, 5) is 0. The van der Waals surface area contributed by atoms with E-state index in [9.17, 15) is 0 Å². The molecule has 4 nitrogen and oxygen atoms in total. The molecule has 2 atom stereocenters. The van der Waals surface area contributed by atoms with Gasteiger partial charge >= 0.3 is 0 Å². The minimum absolute atomic E-state index is 0.342. The molecule has 4 heteroatoms. The Labute approximate surface area is 90.4 Å².